The highest BCUT2D eigenvalue weighted by molar-refractivity contribution is 9.10. The molecule has 0 aliphatic rings. The molecule has 0 fully saturated rings. The van der Waals surface area contributed by atoms with Crippen molar-refractivity contribution in [2.24, 2.45) is 0 Å². The zero-order chi connectivity index (χ0) is 31.6. The number of carbonyl (C=O) groups excluding carboxylic acids is 3. The number of nitrogens with zero attached hydrogens (tertiary/aromatic N) is 1. The van der Waals surface area contributed by atoms with Crippen molar-refractivity contribution in [2.45, 2.75) is 4.90 Å². The minimum atomic E-state index is -0.474. The van der Waals surface area contributed by atoms with Gasteiger partial charge in [-0.1, -0.05) is 58.4 Å². The number of para-hydroxylation sites is 1. The molecule has 3 amide bonds. The number of nitrogens with one attached hydrogen (secondary N) is 3. The molecule has 1 aromatic heterocycles. The Labute approximate surface area is 277 Å². The van der Waals surface area contributed by atoms with Gasteiger partial charge in [0, 0.05) is 31.6 Å². The largest absolute Gasteiger partial charge is 0.496 e. The standard InChI is InChI=1S/C34H27BrN4O4S2/c1-43-30-10-6-5-9-27(30)29-20-45-34(38-29)39-31(40)21-44-26-17-15-25(16-18-26)36-33(42)28(19-22-11-13-24(35)14-12-22)37-32(41)23-7-3-2-4-8-23/h2-20H,21H2,1H3,(H,36,42)(H,37,41)(H,38,39,40)/b28-19-. The zero-order valence-corrected chi connectivity index (χ0v) is 27.2. The van der Waals surface area contributed by atoms with Crippen LogP contribution in [0.15, 0.2) is 124 Å². The van der Waals surface area contributed by atoms with Crippen molar-refractivity contribution in [1.82, 2.24) is 10.3 Å². The fourth-order valence-electron chi connectivity index (χ4n) is 4.12. The molecule has 8 nitrogen and oxygen atoms in total. The lowest BCUT2D eigenvalue weighted by molar-refractivity contribution is -0.114. The normalized spacial score (nSPS) is 11.0. The molecule has 0 aliphatic heterocycles. The first-order chi connectivity index (χ1) is 21.9. The molecule has 0 spiro atoms. The van der Waals surface area contributed by atoms with Gasteiger partial charge in [-0.25, -0.2) is 4.98 Å². The van der Waals surface area contributed by atoms with Crippen molar-refractivity contribution in [3.05, 3.63) is 130 Å². The molecule has 0 bridgehead atoms. The summed E-state index contributed by atoms with van der Waals surface area (Å²) in [6, 6.07) is 30.8. The van der Waals surface area contributed by atoms with Crippen LogP contribution in [-0.4, -0.2) is 35.6 Å². The summed E-state index contributed by atoms with van der Waals surface area (Å²) in [5.74, 6) is -0.161. The number of thiazole rings is 1. The first kappa shape index (κ1) is 31.7. The molecule has 5 rings (SSSR count). The van der Waals surface area contributed by atoms with E-state index in [0.29, 0.717) is 22.1 Å². The monoisotopic (exact) mass is 698 g/mol. The van der Waals surface area contributed by atoms with Crippen LogP contribution in [0.1, 0.15) is 15.9 Å². The van der Waals surface area contributed by atoms with E-state index >= 15 is 0 Å². The molecular formula is C34H27BrN4O4S2. The summed E-state index contributed by atoms with van der Waals surface area (Å²) in [5.41, 5.74) is 3.40. The maximum atomic E-state index is 13.3. The van der Waals surface area contributed by atoms with Gasteiger partial charge in [0.1, 0.15) is 11.4 Å². The second kappa shape index (κ2) is 15.3. The summed E-state index contributed by atoms with van der Waals surface area (Å²) in [6.45, 7) is 0. The van der Waals surface area contributed by atoms with Gasteiger partial charge in [-0.05, 0) is 72.3 Å². The Bertz CT molecular complexity index is 1830. The molecule has 5 aromatic rings. The minimum absolute atomic E-state index is 0.0948. The van der Waals surface area contributed by atoms with E-state index in [9.17, 15) is 14.4 Å². The number of benzene rings is 4. The lowest BCUT2D eigenvalue weighted by atomic mass is 10.1. The number of hydrogen-bond donors (Lipinski definition) is 3. The van der Waals surface area contributed by atoms with Gasteiger partial charge in [0.2, 0.25) is 5.91 Å². The first-order valence-electron chi connectivity index (χ1n) is 13.6. The van der Waals surface area contributed by atoms with Gasteiger partial charge in [0.05, 0.1) is 18.6 Å². The molecule has 11 heteroatoms. The summed E-state index contributed by atoms with van der Waals surface area (Å²) in [5, 5.41) is 10.8. The topological polar surface area (TPSA) is 109 Å². The van der Waals surface area contributed by atoms with Crippen LogP contribution >= 0.6 is 39.0 Å². The van der Waals surface area contributed by atoms with E-state index < -0.39 is 11.8 Å². The van der Waals surface area contributed by atoms with E-state index in [1.807, 2.05) is 72.1 Å². The zero-order valence-electron chi connectivity index (χ0n) is 24.0. The fraction of sp³-hybridized carbons (Fsp3) is 0.0588. The summed E-state index contributed by atoms with van der Waals surface area (Å²) in [6.07, 6.45) is 1.62. The lowest BCUT2D eigenvalue weighted by Crippen LogP contribution is -2.30. The molecule has 0 aliphatic carbocycles. The van der Waals surface area contributed by atoms with Gasteiger partial charge in [-0.15, -0.1) is 23.1 Å². The molecule has 4 aromatic carbocycles. The Kier molecular flexibility index (Phi) is 10.8. The molecule has 226 valence electrons. The first-order valence-corrected chi connectivity index (χ1v) is 16.3. The predicted octanol–water partition coefficient (Wildman–Crippen LogP) is 7.72. The number of carbonyl (C=O) groups is 3. The molecule has 0 radical (unpaired) electrons. The third kappa shape index (κ3) is 8.91. The van der Waals surface area contributed by atoms with Crippen molar-refractivity contribution >= 4 is 73.6 Å². The second-order valence-electron chi connectivity index (χ2n) is 9.48. The molecule has 0 unspecified atom stereocenters. The van der Waals surface area contributed by atoms with Crippen LogP contribution in [-0.2, 0) is 9.59 Å². The molecule has 0 saturated heterocycles. The van der Waals surface area contributed by atoms with Crippen molar-refractivity contribution < 1.29 is 19.1 Å². The number of thioether (sulfide) groups is 1. The van der Waals surface area contributed by atoms with Gasteiger partial charge < -0.3 is 20.7 Å². The smallest absolute Gasteiger partial charge is 0.272 e. The Morgan fingerprint density at radius 1 is 0.889 bits per heavy atom. The highest BCUT2D eigenvalue weighted by atomic mass is 79.9. The van der Waals surface area contributed by atoms with Gasteiger partial charge in [0.25, 0.3) is 11.8 Å². The van der Waals surface area contributed by atoms with Crippen molar-refractivity contribution in [2.75, 3.05) is 23.5 Å². The summed E-state index contributed by atoms with van der Waals surface area (Å²) < 4.78 is 6.31. The third-order valence-electron chi connectivity index (χ3n) is 6.33. The van der Waals surface area contributed by atoms with Crippen molar-refractivity contribution in [3.63, 3.8) is 0 Å². The maximum absolute atomic E-state index is 13.3. The number of amides is 3. The van der Waals surface area contributed by atoms with Gasteiger partial charge >= 0.3 is 0 Å². The summed E-state index contributed by atoms with van der Waals surface area (Å²) >= 11 is 6.11. The van der Waals surface area contributed by atoms with E-state index in [1.165, 1.54) is 23.1 Å². The molecule has 0 atom stereocenters. The predicted molar refractivity (Wildman–Crippen MR) is 185 cm³/mol. The number of ether oxygens (including phenoxy) is 1. The highest BCUT2D eigenvalue weighted by Crippen LogP contribution is 2.32. The fourth-order valence-corrected chi connectivity index (χ4v) is 5.81. The average Bonchev–Trinajstić information content (AvgIpc) is 3.53. The quantitative estimate of drug-likeness (QED) is 0.0963. The number of hydrogen-bond acceptors (Lipinski definition) is 7. The van der Waals surface area contributed by atoms with Gasteiger partial charge in [0.15, 0.2) is 5.13 Å². The number of rotatable bonds is 11. The summed E-state index contributed by atoms with van der Waals surface area (Å²) in [4.78, 5) is 44.1. The van der Waals surface area contributed by atoms with Crippen LogP contribution in [0.3, 0.4) is 0 Å². The maximum Gasteiger partial charge on any atom is 0.272 e. The lowest BCUT2D eigenvalue weighted by Gasteiger charge is -2.12. The molecule has 45 heavy (non-hydrogen) atoms. The number of anilines is 2. The number of aromatic nitrogens is 1. The molecule has 3 N–H and O–H groups in total. The van der Waals surface area contributed by atoms with E-state index in [4.69, 9.17) is 4.74 Å². The third-order valence-corrected chi connectivity index (χ3v) is 8.62. The SMILES string of the molecule is COc1ccccc1-c1csc(NC(=O)CSc2ccc(NC(=O)/C(=C/c3ccc(Br)cc3)NC(=O)c3ccccc3)cc2)n1. The average molecular weight is 700 g/mol. The van der Waals surface area contributed by atoms with Gasteiger partial charge in [-0.2, -0.15) is 0 Å². The van der Waals surface area contributed by atoms with Crippen LogP contribution in [0.25, 0.3) is 17.3 Å². The van der Waals surface area contributed by atoms with Crippen LogP contribution in [0.4, 0.5) is 10.8 Å². The number of halogens is 1. The molecule has 1 heterocycles. The number of methoxy groups -OCH3 is 1. The summed E-state index contributed by atoms with van der Waals surface area (Å²) in [7, 11) is 1.61. The molecular weight excluding hydrogens is 672 g/mol. The van der Waals surface area contributed by atoms with Gasteiger partial charge in [-0.3, -0.25) is 14.4 Å². The van der Waals surface area contributed by atoms with Crippen molar-refractivity contribution in [1.29, 1.82) is 0 Å². The Morgan fingerprint density at radius 3 is 2.33 bits per heavy atom. The second-order valence-corrected chi connectivity index (χ2v) is 12.3. The van der Waals surface area contributed by atoms with Crippen LogP contribution in [0, 0.1) is 0 Å². The molecule has 0 saturated carbocycles. The van der Waals surface area contributed by atoms with E-state index in [0.717, 1.165) is 26.2 Å². The van der Waals surface area contributed by atoms with Crippen LogP contribution in [0.5, 0.6) is 5.75 Å². The minimum Gasteiger partial charge on any atom is -0.496 e. The van der Waals surface area contributed by atoms with E-state index in [-0.39, 0.29) is 17.4 Å². The Balaban J connectivity index is 1.18. The van der Waals surface area contributed by atoms with E-state index in [2.05, 4.69) is 36.9 Å². The van der Waals surface area contributed by atoms with Crippen LogP contribution < -0.4 is 20.7 Å². The van der Waals surface area contributed by atoms with E-state index in [1.54, 1.807) is 49.6 Å². The highest BCUT2D eigenvalue weighted by Gasteiger charge is 2.16. The van der Waals surface area contributed by atoms with Crippen molar-refractivity contribution in [3.8, 4) is 17.0 Å². The Hall–Kier alpha value is -4.71. The Morgan fingerprint density at radius 2 is 1.60 bits per heavy atom. The van der Waals surface area contributed by atoms with Crippen LogP contribution in [0.2, 0.25) is 0 Å².